The fraction of sp³-hybridized carbons (Fsp3) is 0.567. The first-order valence-electron chi connectivity index (χ1n) is 14.4. The molecule has 0 spiro atoms. The molecule has 1 atom stereocenters. The summed E-state index contributed by atoms with van der Waals surface area (Å²) in [4.78, 5) is 34.6. The molecule has 3 amide bonds. The van der Waals surface area contributed by atoms with Crippen LogP contribution in [0.2, 0.25) is 10.3 Å². The van der Waals surface area contributed by atoms with Gasteiger partial charge in [0.1, 0.15) is 16.1 Å². The Morgan fingerprint density at radius 2 is 1.77 bits per heavy atom. The maximum absolute atomic E-state index is 13.4. The van der Waals surface area contributed by atoms with E-state index in [4.69, 9.17) is 23.2 Å². The molecule has 0 radical (unpaired) electrons. The zero-order chi connectivity index (χ0) is 28.6. The summed E-state index contributed by atoms with van der Waals surface area (Å²) in [5, 5.41) is 6.34. The van der Waals surface area contributed by atoms with Crippen molar-refractivity contribution in [2.75, 3.05) is 31.5 Å². The van der Waals surface area contributed by atoms with Crippen molar-refractivity contribution in [3.63, 3.8) is 0 Å². The highest BCUT2D eigenvalue weighted by molar-refractivity contribution is 6.34. The van der Waals surface area contributed by atoms with Crippen molar-refractivity contribution >= 4 is 40.8 Å². The van der Waals surface area contributed by atoms with Crippen LogP contribution < -0.4 is 10.6 Å². The lowest BCUT2D eigenvalue weighted by Gasteiger charge is -2.42. The van der Waals surface area contributed by atoms with E-state index in [0.717, 1.165) is 38.9 Å². The second-order valence-corrected chi connectivity index (χ2v) is 11.9. The number of piperidine rings is 1. The van der Waals surface area contributed by atoms with Gasteiger partial charge in [-0.1, -0.05) is 42.5 Å². The van der Waals surface area contributed by atoms with Crippen molar-refractivity contribution in [1.82, 2.24) is 20.1 Å². The maximum Gasteiger partial charge on any atom is 0.322 e. The second-order valence-electron chi connectivity index (χ2n) is 11.2. The van der Waals surface area contributed by atoms with Gasteiger partial charge >= 0.3 is 6.03 Å². The van der Waals surface area contributed by atoms with Crippen molar-refractivity contribution in [3.8, 4) is 0 Å². The molecule has 2 heterocycles. The van der Waals surface area contributed by atoms with Crippen LogP contribution in [0.5, 0.6) is 0 Å². The van der Waals surface area contributed by atoms with E-state index in [2.05, 4.69) is 27.4 Å². The first-order chi connectivity index (χ1) is 19.2. The molecule has 4 rings (SSSR count). The second kappa shape index (κ2) is 14.5. The summed E-state index contributed by atoms with van der Waals surface area (Å²) >= 11 is 12.1. The van der Waals surface area contributed by atoms with Crippen LogP contribution in [-0.4, -0.2) is 65.0 Å². The summed E-state index contributed by atoms with van der Waals surface area (Å²) in [6.45, 7) is 7.02. The van der Waals surface area contributed by atoms with Crippen LogP contribution in [0, 0.1) is 18.7 Å². The monoisotopic (exact) mass is 591 g/mol. The molecule has 1 aromatic carbocycles. The van der Waals surface area contributed by atoms with Gasteiger partial charge in [-0.25, -0.2) is 14.2 Å². The summed E-state index contributed by atoms with van der Waals surface area (Å²) < 4.78 is 13.4. The standard InChI is InChI=1S/C30H40Cl2FN5O2/c1-20-18-26(31)36-28(32)27(20)29(39)34-15-12-21(2)37-16-13-25(14-17-37)38(19-22-6-4-3-5-7-22)30(40)35-24-10-8-23(33)9-11-24/h8-11,18,21-22,25H,3-7,12-17,19H2,1-2H3,(H,34,39)(H,35,40). The Kier molecular flexibility index (Phi) is 11.0. The molecule has 1 saturated carbocycles. The summed E-state index contributed by atoms with van der Waals surface area (Å²) in [7, 11) is 0. The lowest BCUT2D eigenvalue weighted by Crippen LogP contribution is -2.52. The normalized spacial score (nSPS) is 17.8. The number of hydrogen-bond donors (Lipinski definition) is 2. The predicted octanol–water partition coefficient (Wildman–Crippen LogP) is 6.92. The van der Waals surface area contributed by atoms with Crippen molar-refractivity contribution in [2.24, 2.45) is 5.92 Å². The highest BCUT2D eigenvalue weighted by atomic mass is 35.5. The van der Waals surface area contributed by atoms with Gasteiger partial charge in [0.15, 0.2) is 0 Å². The molecule has 2 aromatic rings. The number of carbonyl (C=O) groups is 2. The smallest absolute Gasteiger partial charge is 0.322 e. The molecular weight excluding hydrogens is 552 g/mol. The van der Waals surface area contributed by atoms with Crippen LogP contribution in [-0.2, 0) is 0 Å². The minimum atomic E-state index is -0.320. The third-order valence-corrected chi connectivity index (χ3v) is 8.78. The number of anilines is 1. The van der Waals surface area contributed by atoms with Gasteiger partial charge in [-0.2, -0.15) is 0 Å². The van der Waals surface area contributed by atoms with Crippen LogP contribution >= 0.6 is 23.2 Å². The zero-order valence-electron chi connectivity index (χ0n) is 23.4. The van der Waals surface area contributed by atoms with E-state index in [1.54, 1.807) is 25.1 Å². The minimum Gasteiger partial charge on any atom is -0.352 e. The average Bonchev–Trinajstić information content (AvgIpc) is 2.93. The first kappa shape index (κ1) is 30.5. The van der Waals surface area contributed by atoms with Crippen molar-refractivity contribution < 1.29 is 14.0 Å². The van der Waals surface area contributed by atoms with Gasteiger partial charge in [-0.15, -0.1) is 0 Å². The lowest BCUT2D eigenvalue weighted by atomic mass is 9.88. The number of carbonyl (C=O) groups excluding carboxylic acids is 2. The van der Waals surface area contributed by atoms with Gasteiger partial charge in [0.2, 0.25) is 0 Å². The Morgan fingerprint density at radius 1 is 1.10 bits per heavy atom. The summed E-state index contributed by atoms with van der Waals surface area (Å²) in [5.41, 5.74) is 1.66. The Hall–Kier alpha value is -2.42. The highest BCUT2D eigenvalue weighted by Crippen LogP contribution is 2.28. The SMILES string of the molecule is Cc1cc(Cl)nc(Cl)c1C(=O)NCCC(C)N1CCC(N(CC2CCCCC2)C(=O)Nc2ccc(F)cc2)CC1. The van der Waals surface area contributed by atoms with E-state index in [9.17, 15) is 14.0 Å². The zero-order valence-corrected chi connectivity index (χ0v) is 24.9. The Labute approximate surface area is 246 Å². The summed E-state index contributed by atoms with van der Waals surface area (Å²) in [6, 6.07) is 7.91. The van der Waals surface area contributed by atoms with Crippen LogP contribution in [0.1, 0.15) is 74.2 Å². The lowest BCUT2D eigenvalue weighted by molar-refractivity contribution is 0.0883. The number of aryl methyl sites for hydroxylation is 1. The number of halogens is 3. The van der Waals surface area contributed by atoms with Crippen LogP contribution in [0.4, 0.5) is 14.9 Å². The number of aromatic nitrogens is 1. The molecule has 1 aliphatic carbocycles. The van der Waals surface area contributed by atoms with E-state index in [1.165, 1.54) is 44.2 Å². The number of hydrogen-bond acceptors (Lipinski definition) is 4. The van der Waals surface area contributed by atoms with Gasteiger partial charge in [-0.05, 0) is 87.8 Å². The molecule has 40 heavy (non-hydrogen) atoms. The van der Waals surface area contributed by atoms with E-state index in [1.807, 2.05) is 4.90 Å². The third-order valence-electron chi connectivity index (χ3n) is 8.32. The number of benzene rings is 1. The van der Waals surface area contributed by atoms with E-state index in [-0.39, 0.29) is 40.1 Å². The molecular formula is C30H40Cl2FN5O2. The predicted molar refractivity (Wildman–Crippen MR) is 159 cm³/mol. The van der Waals surface area contributed by atoms with Crippen molar-refractivity contribution in [3.05, 3.63) is 57.6 Å². The fourth-order valence-corrected chi connectivity index (χ4v) is 6.56. The summed E-state index contributed by atoms with van der Waals surface area (Å²) in [5.74, 6) is -0.0385. The van der Waals surface area contributed by atoms with Crippen LogP contribution in [0.25, 0.3) is 0 Å². The number of likely N-dealkylation sites (tertiary alicyclic amines) is 1. The molecule has 1 unspecified atom stereocenters. The number of nitrogens with one attached hydrogen (secondary N) is 2. The van der Waals surface area contributed by atoms with Gasteiger partial charge in [0.25, 0.3) is 5.91 Å². The molecule has 0 bridgehead atoms. The van der Waals surface area contributed by atoms with E-state index in [0.29, 0.717) is 29.3 Å². The fourth-order valence-electron chi connectivity index (χ4n) is 5.95. The topological polar surface area (TPSA) is 77.6 Å². The third kappa shape index (κ3) is 8.30. The van der Waals surface area contributed by atoms with Crippen LogP contribution in [0.3, 0.4) is 0 Å². The number of urea groups is 1. The maximum atomic E-state index is 13.4. The molecule has 2 N–H and O–H groups in total. The van der Waals surface area contributed by atoms with Crippen LogP contribution in [0.15, 0.2) is 30.3 Å². The quantitative estimate of drug-likeness (QED) is 0.310. The highest BCUT2D eigenvalue weighted by Gasteiger charge is 2.31. The number of pyridine rings is 1. The number of nitrogens with zero attached hydrogens (tertiary/aromatic N) is 3. The summed E-state index contributed by atoms with van der Waals surface area (Å²) in [6.07, 6.45) is 8.65. The Bertz CT molecular complexity index is 1130. The van der Waals surface area contributed by atoms with E-state index >= 15 is 0 Å². The molecule has 1 aromatic heterocycles. The van der Waals surface area contributed by atoms with Crippen molar-refractivity contribution in [1.29, 1.82) is 0 Å². The van der Waals surface area contributed by atoms with Crippen molar-refractivity contribution in [2.45, 2.75) is 77.3 Å². The molecule has 1 saturated heterocycles. The van der Waals surface area contributed by atoms with Gasteiger partial charge in [-0.3, -0.25) is 4.79 Å². The van der Waals surface area contributed by atoms with Gasteiger partial charge in [0, 0.05) is 44.0 Å². The largest absolute Gasteiger partial charge is 0.352 e. The minimum absolute atomic E-state index is 0.1000. The average molecular weight is 593 g/mol. The molecule has 10 heteroatoms. The van der Waals surface area contributed by atoms with Gasteiger partial charge in [0.05, 0.1) is 5.56 Å². The van der Waals surface area contributed by atoms with E-state index < -0.39 is 0 Å². The number of rotatable bonds is 9. The van der Waals surface area contributed by atoms with Gasteiger partial charge < -0.3 is 20.4 Å². The number of amides is 3. The Balaban J connectivity index is 1.29. The molecule has 218 valence electrons. The molecule has 2 aliphatic rings. The molecule has 2 fully saturated rings. The Morgan fingerprint density at radius 3 is 2.42 bits per heavy atom. The first-order valence-corrected chi connectivity index (χ1v) is 15.1. The molecule has 7 nitrogen and oxygen atoms in total. The molecule has 1 aliphatic heterocycles.